The van der Waals surface area contributed by atoms with Crippen LogP contribution >= 0.6 is 11.3 Å². The van der Waals surface area contributed by atoms with Crippen molar-refractivity contribution in [3.8, 4) is 51.0 Å². The molecule has 6 heteroatoms. The van der Waals surface area contributed by atoms with E-state index in [1.807, 2.05) is 60.7 Å². The average Bonchev–Trinajstić information content (AvgIpc) is 3.99. The largest absolute Gasteiger partial charge is 0.455 e. The van der Waals surface area contributed by atoms with E-state index >= 15 is 0 Å². The lowest BCUT2D eigenvalue weighted by Gasteiger charge is -2.12. The summed E-state index contributed by atoms with van der Waals surface area (Å²) in [5.41, 5.74) is 6.91. The maximum Gasteiger partial charge on any atom is 0.167 e. The number of nitrogens with zero attached hydrogens (tertiary/aromatic N) is 4. The van der Waals surface area contributed by atoms with Crippen molar-refractivity contribution >= 4 is 75.3 Å². The Balaban J connectivity index is 1.16. The molecule has 4 aromatic heterocycles. The predicted molar refractivity (Wildman–Crippen MR) is 236 cm³/mol. The molecule has 0 aliphatic rings. The molecule has 0 atom stereocenters. The Bertz CT molecular complexity index is 3760. The van der Waals surface area contributed by atoms with E-state index in [9.17, 15) is 0 Å². The first kappa shape index (κ1) is 27.2. The fourth-order valence-corrected chi connectivity index (χ4v) is 9.26. The zero-order valence-corrected chi connectivity index (χ0v) is 30.9. The van der Waals surface area contributed by atoms with Crippen molar-refractivity contribution in [2.45, 2.75) is 0 Å². The first-order valence-corrected chi connectivity index (χ1v) is 19.4. The van der Waals surface area contributed by atoms with Gasteiger partial charge in [0.15, 0.2) is 17.5 Å². The molecule has 57 heavy (non-hydrogen) atoms. The molecule has 0 radical (unpaired) electrons. The standard InChI is InChI=1S/C51H30N4OS/c1-3-13-31(14-4-1)33-24-26-45-40(27-33)41-29-35(55-43-20-10-7-17-36(43)37-18-8-11-21-44(37)55)30-42(48(41)56-45)51-53-49(32-15-5-2-6-16-32)52-50(54-51)34-23-25-39-38-19-9-12-22-46(38)57-47(39)28-34/h1-30H/i1D,3D,4D,13D,14D. The third kappa shape index (κ3) is 5.12. The van der Waals surface area contributed by atoms with Crippen LogP contribution in [0.4, 0.5) is 0 Å². The minimum atomic E-state index is -0.436. The van der Waals surface area contributed by atoms with Gasteiger partial charge in [0.2, 0.25) is 0 Å². The molecule has 0 saturated carbocycles. The van der Waals surface area contributed by atoms with Crippen LogP contribution in [0, 0.1) is 0 Å². The smallest absolute Gasteiger partial charge is 0.167 e. The van der Waals surface area contributed by atoms with Crippen molar-refractivity contribution in [1.29, 1.82) is 0 Å². The number of hydrogen-bond acceptors (Lipinski definition) is 5. The highest BCUT2D eigenvalue weighted by atomic mass is 32.1. The van der Waals surface area contributed by atoms with Crippen LogP contribution in [0.15, 0.2) is 186 Å². The number of furan rings is 1. The summed E-state index contributed by atoms with van der Waals surface area (Å²) in [5, 5.41) is 6.06. The number of para-hydroxylation sites is 2. The lowest BCUT2D eigenvalue weighted by Crippen LogP contribution is -2.01. The highest BCUT2D eigenvalue weighted by Crippen LogP contribution is 2.42. The number of thiophene rings is 1. The van der Waals surface area contributed by atoms with E-state index < -0.39 is 6.04 Å². The van der Waals surface area contributed by atoms with Gasteiger partial charge in [0.1, 0.15) is 11.2 Å². The lowest BCUT2D eigenvalue weighted by molar-refractivity contribution is 0.669. The molecule has 266 valence electrons. The molecule has 0 amide bonds. The molecule has 0 aliphatic carbocycles. The molecule has 4 heterocycles. The first-order chi connectivity index (χ1) is 30.3. The Kier molecular flexibility index (Phi) is 6.00. The summed E-state index contributed by atoms with van der Waals surface area (Å²) in [5.74, 6) is 1.45. The van der Waals surface area contributed by atoms with E-state index in [1.165, 1.54) is 15.5 Å². The average molecular weight is 752 g/mol. The van der Waals surface area contributed by atoms with Crippen molar-refractivity contribution in [3.63, 3.8) is 0 Å². The van der Waals surface area contributed by atoms with E-state index in [4.69, 9.17) is 26.2 Å². The molecule has 8 aromatic carbocycles. The quantitative estimate of drug-likeness (QED) is 0.176. The van der Waals surface area contributed by atoms with Gasteiger partial charge in [-0.25, -0.2) is 15.0 Å². The fourth-order valence-electron chi connectivity index (χ4n) is 8.12. The van der Waals surface area contributed by atoms with Gasteiger partial charge in [0.25, 0.3) is 0 Å². The summed E-state index contributed by atoms with van der Waals surface area (Å²) in [6.45, 7) is 0. The molecule has 0 fully saturated rings. The summed E-state index contributed by atoms with van der Waals surface area (Å²) in [7, 11) is 0. The highest BCUT2D eigenvalue weighted by Gasteiger charge is 2.22. The Morgan fingerprint density at radius 2 is 1.11 bits per heavy atom. The monoisotopic (exact) mass is 751 g/mol. The minimum Gasteiger partial charge on any atom is -0.455 e. The van der Waals surface area contributed by atoms with Gasteiger partial charge in [0.05, 0.1) is 23.5 Å². The Morgan fingerprint density at radius 1 is 0.456 bits per heavy atom. The van der Waals surface area contributed by atoms with E-state index in [0.29, 0.717) is 45.2 Å². The second-order valence-corrected chi connectivity index (χ2v) is 15.1. The van der Waals surface area contributed by atoms with Crippen molar-refractivity contribution in [1.82, 2.24) is 19.5 Å². The molecule has 0 spiro atoms. The van der Waals surface area contributed by atoms with Gasteiger partial charge in [0, 0.05) is 58.5 Å². The van der Waals surface area contributed by atoms with Crippen LogP contribution in [0.5, 0.6) is 0 Å². The van der Waals surface area contributed by atoms with Crippen LogP contribution in [0.2, 0.25) is 0 Å². The van der Waals surface area contributed by atoms with Crippen molar-refractivity contribution < 1.29 is 11.3 Å². The number of benzene rings is 8. The second-order valence-electron chi connectivity index (χ2n) is 14.0. The number of hydrogen-bond donors (Lipinski definition) is 0. The van der Waals surface area contributed by atoms with Crippen molar-refractivity contribution in [2.24, 2.45) is 0 Å². The van der Waals surface area contributed by atoms with Crippen LogP contribution in [0.1, 0.15) is 6.85 Å². The van der Waals surface area contributed by atoms with Gasteiger partial charge < -0.3 is 8.98 Å². The van der Waals surface area contributed by atoms with Gasteiger partial charge in [-0.3, -0.25) is 0 Å². The van der Waals surface area contributed by atoms with E-state index in [-0.39, 0.29) is 29.7 Å². The molecule has 0 bridgehead atoms. The molecule has 12 rings (SSSR count). The normalized spacial score (nSPS) is 13.1. The summed E-state index contributed by atoms with van der Waals surface area (Å²) >= 11 is 1.74. The van der Waals surface area contributed by atoms with Gasteiger partial charge in [-0.05, 0) is 59.7 Å². The molecule has 0 saturated heterocycles. The SMILES string of the molecule is [2H]c1c([2H])c([2H])c(-c2ccc3oc4c(-c5nc(-c6ccccc6)nc(-c6ccc7c(c6)sc6ccccc67)n5)cc(-n5c6ccccc6c6ccccc65)cc4c3c2)c([2H])c1[2H]. The molecular weight excluding hydrogens is 717 g/mol. The third-order valence-corrected chi connectivity index (χ3v) is 11.9. The summed E-state index contributed by atoms with van der Waals surface area (Å²) < 4.78 is 53.9. The Morgan fingerprint density at radius 3 is 1.89 bits per heavy atom. The van der Waals surface area contributed by atoms with E-state index in [0.717, 1.165) is 48.7 Å². The van der Waals surface area contributed by atoms with Crippen molar-refractivity contribution in [3.05, 3.63) is 182 Å². The number of rotatable bonds is 5. The van der Waals surface area contributed by atoms with Gasteiger partial charge in [-0.1, -0.05) is 133 Å². The Labute approximate surface area is 337 Å². The van der Waals surface area contributed by atoms with Gasteiger partial charge in [-0.2, -0.15) is 0 Å². The lowest BCUT2D eigenvalue weighted by atomic mass is 10.0. The molecule has 0 aliphatic heterocycles. The van der Waals surface area contributed by atoms with E-state index in [2.05, 4.69) is 83.4 Å². The second kappa shape index (κ2) is 12.6. The molecule has 0 N–H and O–H groups in total. The Hall–Kier alpha value is -7.41. The van der Waals surface area contributed by atoms with Crippen LogP contribution in [-0.4, -0.2) is 19.5 Å². The van der Waals surface area contributed by atoms with Crippen LogP contribution in [0.3, 0.4) is 0 Å². The molecule has 0 unspecified atom stereocenters. The van der Waals surface area contributed by atoms with Gasteiger partial charge >= 0.3 is 0 Å². The predicted octanol–water partition coefficient (Wildman–Crippen LogP) is 13.9. The minimum absolute atomic E-state index is 0.122. The topological polar surface area (TPSA) is 56.7 Å². The number of aromatic nitrogens is 4. The van der Waals surface area contributed by atoms with E-state index in [1.54, 1.807) is 23.5 Å². The molecule has 12 aromatic rings. The van der Waals surface area contributed by atoms with Gasteiger partial charge in [-0.15, -0.1) is 11.3 Å². The van der Waals surface area contributed by atoms with Crippen LogP contribution in [0.25, 0.3) is 115 Å². The molecular formula is C51H30N4OS. The zero-order valence-electron chi connectivity index (χ0n) is 35.0. The summed E-state index contributed by atoms with van der Waals surface area (Å²) in [6.07, 6.45) is 0. The number of fused-ring (bicyclic) bond motifs is 9. The van der Waals surface area contributed by atoms with Crippen LogP contribution < -0.4 is 0 Å². The van der Waals surface area contributed by atoms with Crippen molar-refractivity contribution in [2.75, 3.05) is 0 Å². The maximum atomic E-state index is 8.77. The third-order valence-electron chi connectivity index (χ3n) is 10.7. The summed E-state index contributed by atoms with van der Waals surface area (Å²) in [6, 6.07) is 49.1. The van der Waals surface area contributed by atoms with Crippen LogP contribution in [-0.2, 0) is 0 Å². The zero-order chi connectivity index (χ0) is 41.8. The molecule has 5 nitrogen and oxygen atoms in total. The first-order valence-electron chi connectivity index (χ1n) is 21.1. The summed E-state index contributed by atoms with van der Waals surface area (Å²) in [4.78, 5) is 15.5. The maximum absolute atomic E-state index is 8.77. The highest BCUT2D eigenvalue weighted by molar-refractivity contribution is 7.25. The fraction of sp³-hybridized carbons (Fsp3) is 0.